The van der Waals surface area contributed by atoms with Crippen LogP contribution in [-0.4, -0.2) is 49.2 Å². The summed E-state index contributed by atoms with van der Waals surface area (Å²) in [7, 11) is 1.32. The third kappa shape index (κ3) is 3.27. The fraction of sp³-hybridized carbons (Fsp3) is 0.250. The maximum atomic E-state index is 12.8. The number of Topliss-reactive ketones (excluding diaryl/α,β-unsaturated/α-hetero) is 1. The number of ketones is 1. The van der Waals surface area contributed by atoms with Crippen molar-refractivity contribution in [3.05, 3.63) is 52.6 Å². The van der Waals surface area contributed by atoms with Crippen molar-refractivity contribution in [1.29, 1.82) is 0 Å². The smallest absolute Gasteiger partial charge is 0.339 e. The summed E-state index contributed by atoms with van der Waals surface area (Å²) in [6.45, 7) is 5.30. The van der Waals surface area contributed by atoms with E-state index in [1.54, 1.807) is 18.4 Å². The maximum Gasteiger partial charge on any atom is 0.339 e. The number of thioether (sulfide) groups is 1. The standard InChI is InChI=1S/C20H19N5O3S/c1-10-16(19(27)28-4)11(2)21-17(10)15(26)9-29-20-23-14-8-6-5-7-13(14)18-22-12(3)24-25(18)20/h5-8,21H,9H2,1-4H3. The summed E-state index contributed by atoms with van der Waals surface area (Å²) in [4.78, 5) is 37.0. The lowest BCUT2D eigenvalue weighted by Gasteiger charge is -2.06. The molecule has 4 aromatic rings. The van der Waals surface area contributed by atoms with Gasteiger partial charge in [0.1, 0.15) is 5.82 Å². The molecule has 9 heteroatoms. The topological polar surface area (TPSA) is 102 Å². The molecule has 0 radical (unpaired) electrons. The van der Waals surface area contributed by atoms with Crippen LogP contribution in [0.2, 0.25) is 0 Å². The van der Waals surface area contributed by atoms with Crippen molar-refractivity contribution >= 4 is 40.1 Å². The van der Waals surface area contributed by atoms with E-state index in [0.717, 1.165) is 10.9 Å². The largest absolute Gasteiger partial charge is 0.465 e. The maximum absolute atomic E-state index is 12.8. The Morgan fingerprint density at radius 2 is 1.93 bits per heavy atom. The summed E-state index contributed by atoms with van der Waals surface area (Å²) < 4.78 is 6.48. The molecule has 3 aromatic heterocycles. The number of aromatic amines is 1. The molecule has 0 spiro atoms. The summed E-state index contributed by atoms with van der Waals surface area (Å²) in [5.41, 5.74) is 3.51. The molecule has 0 saturated carbocycles. The first kappa shape index (κ1) is 19.1. The Bertz CT molecular complexity index is 1270. The average molecular weight is 409 g/mol. The molecule has 148 valence electrons. The second kappa shape index (κ2) is 7.32. The molecule has 1 N–H and O–H groups in total. The number of aromatic nitrogens is 5. The Morgan fingerprint density at radius 3 is 2.69 bits per heavy atom. The summed E-state index contributed by atoms with van der Waals surface area (Å²) in [6.07, 6.45) is 0. The quantitative estimate of drug-likeness (QED) is 0.233. The summed E-state index contributed by atoms with van der Waals surface area (Å²) >= 11 is 1.28. The van der Waals surface area contributed by atoms with Gasteiger partial charge in [-0.25, -0.2) is 14.8 Å². The summed E-state index contributed by atoms with van der Waals surface area (Å²) in [6, 6.07) is 7.70. The van der Waals surface area contributed by atoms with E-state index in [4.69, 9.17) is 4.74 Å². The van der Waals surface area contributed by atoms with Gasteiger partial charge in [-0.15, -0.1) is 5.10 Å². The number of ether oxygens (including phenoxy) is 1. The first-order valence-electron chi connectivity index (χ1n) is 8.96. The minimum absolute atomic E-state index is 0.134. The number of rotatable bonds is 5. The third-order valence-electron chi connectivity index (χ3n) is 4.69. The zero-order valence-corrected chi connectivity index (χ0v) is 17.3. The Morgan fingerprint density at radius 1 is 1.17 bits per heavy atom. The Labute approximate surface area is 170 Å². The van der Waals surface area contributed by atoms with Crippen molar-refractivity contribution in [2.75, 3.05) is 12.9 Å². The molecule has 8 nitrogen and oxygen atoms in total. The highest BCUT2D eigenvalue weighted by Crippen LogP contribution is 2.26. The number of carbonyl (C=O) groups excluding carboxylic acids is 2. The summed E-state index contributed by atoms with van der Waals surface area (Å²) in [5, 5.41) is 5.92. The van der Waals surface area contributed by atoms with Crippen molar-refractivity contribution in [1.82, 2.24) is 24.6 Å². The molecule has 0 aliphatic carbocycles. The van der Waals surface area contributed by atoms with E-state index in [1.165, 1.54) is 18.9 Å². The molecule has 3 heterocycles. The van der Waals surface area contributed by atoms with Crippen LogP contribution in [0.15, 0.2) is 29.4 Å². The number of hydrogen-bond acceptors (Lipinski definition) is 7. The molecule has 0 bridgehead atoms. The lowest BCUT2D eigenvalue weighted by atomic mass is 10.1. The molecule has 0 saturated heterocycles. The first-order valence-corrected chi connectivity index (χ1v) is 9.95. The zero-order chi connectivity index (χ0) is 20.7. The van der Waals surface area contributed by atoms with Crippen molar-refractivity contribution in [3.63, 3.8) is 0 Å². The molecule has 0 aliphatic heterocycles. The number of H-pyrrole nitrogens is 1. The molecule has 0 fully saturated rings. The van der Waals surface area contributed by atoms with E-state index in [2.05, 4.69) is 20.1 Å². The van der Waals surface area contributed by atoms with Crippen LogP contribution in [0.4, 0.5) is 0 Å². The van der Waals surface area contributed by atoms with E-state index in [0.29, 0.717) is 39.1 Å². The number of hydrogen-bond donors (Lipinski definition) is 1. The van der Waals surface area contributed by atoms with Crippen LogP contribution >= 0.6 is 11.8 Å². The molecule has 29 heavy (non-hydrogen) atoms. The molecule has 0 aliphatic rings. The van der Waals surface area contributed by atoms with Gasteiger partial charge in [0.05, 0.1) is 29.6 Å². The van der Waals surface area contributed by atoms with Gasteiger partial charge in [0, 0.05) is 11.1 Å². The van der Waals surface area contributed by atoms with Crippen molar-refractivity contribution < 1.29 is 14.3 Å². The van der Waals surface area contributed by atoms with E-state index >= 15 is 0 Å². The number of fused-ring (bicyclic) bond motifs is 3. The van der Waals surface area contributed by atoms with Gasteiger partial charge in [-0.1, -0.05) is 23.9 Å². The van der Waals surface area contributed by atoms with Gasteiger partial charge in [0.2, 0.25) is 0 Å². The van der Waals surface area contributed by atoms with Crippen LogP contribution in [0.5, 0.6) is 0 Å². The second-order valence-corrected chi connectivity index (χ2v) is 7.58. The monoisotopic (exact) mass is 409 g/mol. The highest BCUT2D eigenvalue weighted by atomic mass is 32.2. The van der Waals surface area contributed by atoms with Gasteiger partial charge in [0.15, 0.2) is 16.6 Å². The Balaban J connectivity index is 1.66. The number of methoxy groups -OCH3 is 1. The fourth-order valence-electron chi connectivity index (χ4n) is 3.37. The number of carbonyl (C=O) groups is 2. The number of para-hydroxylation sites is 1. The number of benzene rings is 1. The molecular weight excluding hydrogens is 390 g/mol. The molecule has 0 unspecified atom stereocenters. The van der Waals surface area contributed by atoms with Gasteiger partial charge in [0.25, 0.3) is 0 Å². The van der Waals surface area contributed by atoms with Gasteiger partial charge in [-0.05, 0) is 38.5 Å². The number of aryl methyl sites for hydroxylation is 2. The van der Waals surface area contributed by atoms with Gasteiger partial charge >= 0.3 is 5.97 Å². The average Bonchev–Trinajstić information content (AvgIpc) is 3.24. The zero-order valence-electron chi connectivity index (χ0n) is 16.4. The van der Waals surface area contributed by atoms with E-state index in [-0.39, 0.29) is 11.5 Å². The third-order valence-corrected chi connectivity index (χ3v) is 5.62. The van der Waals surface area contributed by atoms with Crippen LogP contribution in [0.1, 0.15) is 37.9 Å². The minimum atomic E-state index is -0.459. The van der Waals surface area contributed by atoms with E-state index < -0.39 is 5.97 Å². The molecular formula is C20H19N5O3S. The van der Waals surface area contributed by atoms with E-state index in [9.17, 15) is 9.59 Å². The molecule has 1 aromatic carbocycles. The fourth-order valence-corrected chi connectivity index (χ4v) is 4.18. The van der Waals surface area contributed by atoms with Crippen LogP contribution in [0.3, 0.4) is 0 Å². The SMILES string of the molecule is COC(=O)c1c(C)[nH]c(C(=O)CSc2nc3ccccc3c3nc(C)nn23)c1C. The van der Waals surface area contributed by atoms with Gasteiger partial charge < -0.3 is 9.72 Å². The predicted molar refractivity (Wildman–Crippen MR) is 110 cm³/mol. The molecule has 4 rings (SSSR count). The molecule has 0 amide bonds. The highest BCUT2D eigenvalue weighted by molar-refractivity contribution is 7.99. The van der Waals surface area contributed by atoms with Crippen molar-refractivity contribution in [2.24, 2.45) is 0 Å². The van der Waals surface area contributed by atoms with Crippen molar-refractivity contribution in [2.45, 2.75) is 25.9 Å². The normalized spacial score (nSPS) is 11.3. The number of nitrogens with one attached hydrogen (secondary N) is 1. The first-order chi connectivity index (χ1) is 13.9. The Kier molecular flexibility index (Phi) is 4.83. The second-order valence-electron chi connectivity index (χ2n) is 6.63. The van der Waals surface area contributed by atoms with Gasteiger partial charge in [-0.2, -0.15) is 4.52 Å². The van der Waals surface area contributed by atoms with E-state index in [1.807, 2.05) is 31.2 Å². The van der Waals surface area contributed by atoms with Crippen molar-refractivity contribution in [3.8, 4) is 0 Å². The predicted octanol–water partition coefficient (Wildman–Crippen LogP) is 3.29. The Hall–Kier alpha value is -3.20. The minimum Gasteiger partial charge on any atom is -0.465 e. The molecule has 0 atom stereocenters. The highest BCUT2D eigenvalue weighted by Gasteiger charge is 2.23. The van der Waals surface area contributed by atoms with Gasteiger partial charge in [-0.3, -0.25) is 4.79 Å². The van der Waals surface area contributed by atoms with Crippen LogP contribution < -0.4 is 0 Å². The summed E-state index contributed by atoms with van der Waals surface area (Å²) in [5.74, 6) is 0.181. The lowest BCUT2D eigenvalue weighted by molar-refractivity contribution is 0.0599. The lowest BCUT2D eigenvalue weighted by Crippen LogP contribution is -2.08. The van der Waals surface area contributed by atoms with Crippen LogP contribution in [0, 0.1) is 20.8 Å². The van der Waals surface area contributed by atoms with Crippen LogP contribution in [-0.2, 0) is 4.74 Å². The van der Waals surface area contributed by atoms with Crippen LogP contribution in [0.25, 0.3) is 16.6 Å². The number of esters is 1. The number of nitrogens with zero attached hydrogens (tertiary/aromatic N) is 4.